The van der Waals surface area contributed by atoms with Gasteiger partial charge in [-0.3, -0.25) is 37.3 Å². The third kappa shape index (κ3) is 74.1. The van der Waals surface area contributed by atoms with Crippen molar-refractivity contribution in [1.29, 1.82) is 0 Å². The van der Waals surface area contributed by atoms with Crippen LogP contribution in [-0.4, -0.2) is 96.7 Å². The van der Waals surface area contributed by atoms with Crippen LogP contribution in [0.15, 0.2) is 0 Å². The number of aliphatic hydroxyl groups is 1. The average Bonchev–Trinajstić information content (AvgIpc) is 1.14. The second kappa shape index (κ2) is 73.0. The van der Waals surface area contributed by atoms with Crippen molar-refractivity contribution in [2.75, 3.05) is 39.6 Å². The summed E-state index contributed by atoms with van der Waals surface area (Å²) in [5.41, 5.74) is 0. The standard InChI is InChI=1S/C80H156O17P2/c1-6-9-12-15-18-21-24-27-28-29-30-31-32-33-35-40-46-51-56-61-66-80(85)97-76(70-91-78(83)64-59-54-49-44-41-36-37-42-47-52-57-62-73(4)5)72-95-99(88,89)93-68-74(81)67-92-98(86,87)94-71-75(69-90-77(82)63-58-53-48-43-38-26-23-20-17-14-11-8-3)96-79(84)65-60-55-50-45-39-34-25-22-19-16-13-10-7-2/h73-76,81H,6-72H2,1-5H3,(H,86,87)(H,88,89)/t74-,75+,76+/m0/s1. The molecule has 0 fully saturated rings. The number of ether oxygens (including phenoxy) is 4. The van der Waals surface area contributed by atoms with Crippen molar-refractivity contribution in [3.8, 4) is 0 Å². The lowest BCUT2D eigenvalue weighted by molar-refractivity contribution is -0.161. The minimum absolute atomic E-state index is 0.108. The number of unbranched alkanes of at least 4 members (excludes halogenated alkanes) is 52. The van der Waals surface area contributed by atoms with Crippen molar-refractivity contribution >= 4 is 39.5 Å². The van der Waals surface area contributed by atoms with E-state index in [2.05, 4.69) is 34.6 Å². The zero-order valence-electron chi connectivity index (χ0n) is 64.6. The molecule has 0 rings (SSSR count). The Bertz CT molecular complexity index is 1890. The van der Waals surface area contributed by atoms with E-state index in [1.165, 1.54) is 250 Å². The third-order valence-corrected chi connectivity index (χ3v) is 20.7. The van der Waals surface area contributed by atoms with E-state index in [0.29, 0.717) is 25.7 Å². The number of phosphoric acid groups is 2. The number of carbonyl (C=O) groups excluding carboxylic acids is 4. The predicted octanol–water partition coefficient (Wildman–Crippen LogP) is 24.0. The topological polar surface area (TPSA) is 237 Å². The molecule has 0 aliphatic heterocycles. The van der Waals surface area contributed by atoms with Crippen LogP contribution in [-0.2, 0) is 65.4 Å². The SMILES string of the molecule is CCCCCCCCCCCCCCCCCCCCCCC(=O)O[C@H](COC(=O)CCCCCCCCCCCCCC(C)C)COP(=O)(O)OC[C@@H](O)COP(=O)(O)OC[C@@H](COC(=O)CCCCCCCCCCCCCC)OC(=O)CCCCCCCCCCCCCCC. The molecule has 0 heterocycles. The zero-order valence-corrected chi connectivity index (χ0v) is 66.4. The molecule has 588 valence electrons. The highest BCUT2D eigenvalue weighted by Gasteiger charge is 2.30. The van der Waals surface area contributed by atoms with Crippen LogP contribution in [0.2, 0.25) is 0 Å². The van der Waals surface area contributed by atoms with Crippen LogP contribution in [0.4, 0.5) is 0 Å². The summed E-state index contributed by atoms with van der Waals surface area (Å²) in [6.07, 6.45) is 63.7. The molecule has 0 bridgehead atoms. The van der Waals surface area contributed by atoms with Crippen LogP contribution in [0.5, 0.6) is 0 Å². The lowest BCUT2D eigenvalue weighted by Crippen LogP contribution is -2.30. The molecule has 0 aliphatic rings. The first-order chi connectivity index (χ1) is 48.0. The molecule has 0 saturated heterocycles. The van der Waals surface area contributed by atoms with E-state index in [1.807, 2.05) is 0 Å². The van der Waals surface area contributed by atoms with Crippen LogP contribution in [0.3, 0.4) is 0 Å². The molecule has 0 aromatic heterocycles. The molecule has 3 N–H and O–H groups in total. The lowest BCUT2D eigenvalue weighted by Gasteiger charge is -2.21. The number of phosphoric ester groups is 2. The first-order valence-corrected chi connectivity index (χ1v) is 44.6. The molecule has 0 aromatic rings. The summed E-state index contributed by atoms with van der Waals surface area (Å²) in [5, 5.41) is 10.6. The summed E-state index contributed by atoms with van der Waals surface area (Å²) < 4.78 is 68.7. The maximum atomic E-state index is 13.1. The van der Waals surface area contributed by atoms with Gasteiger partial charge in [0, 0.05) is 25.7 Å². The van der Waals surface area contributed by atoms with E-state index in [4.69, 9.17) is 37.0 Å². The van der Waals surface area contributed by atoms with E-state index in [-0.39, 0.29) is 25.7 Å². The molecule has 0 radical (unpaired) electrons. The van der Waals surface area contributed by atoms with Gasteiger partial charge in [-0.1, -0.05) is 375 Å². The summed E-state index contributed by atoms with van der Waals surface area (Å²) in [4.78, 5) is 73.0. The van der Waals surface area contributed by atoms with Gasteiger partial charge < -0.3 is 33.8 Å². The Morgan fingerprint density at radius 2 is 0.465 bits per heavy atom. The molecule has 0 saturated carbocycles. The Labute approximate surface area is 607 Å². The van der Waals surface area contributed by atoms with Gasteiger partial charge in [-0.15, -0.1) is 0 Å². The Morgan fingerprint density at radius 3 is 0.687 bits per heavy atom. The van der Waals surface area contributed by atoms with Crippen molar-refractivity contribution in [2.45, 2.75) is 445 Å². The second-order valence-corrected chi connectivity index (χ2v) is 32.2. The highest BCUT2D eigenvalue weighted by atomic mass is 31.2. The van der Waals surface area contributed by atoms with Gasteiger partial charge in [0.25, 0.3) is 0 Å². The van der Waals surface area contributed by atoms with Gasteiger partial charge >= 0.3 is 39.5 Å². The van der Waals surface area contributed by atoms with Gasteiger partial charge in [-0.2, -0.15) is 0 Å². The summed E-state index contributed by atoms with van der Waals surface area (Å²) >= 11 is 0. The molecule has 0 aliphatic carbocycles. The molecular formula is C80H156O17P2. The number of hydrogen-bond donors (Lipinski definition) is 3. The highest BCUT2D eigenvalue weighted by Crippen LogP contribution is 2.45. The minimum atomic E-state index is -4.96. The predicted molar refractivity (Wildman–Crippen MR) is 405 cm³/mol. The van der Waals surface area contributed by atoms with E-state index >= 15 is 0 Å². The van der Waals surface area contributed by atoms with Crippen molar-refractivity contribution in [3.05, 3.63) is 0 Å². The Balaban J connectivity index is 5.23. The Kier molecular flexibility index (Phi) is 71.6. The Hall–Kier alpha value is -1.94. The molecule has 19 heteroatoms. The van der Waals surface area contributed by atoms with Crippen molar-refractivity contribution in [2.24, 2.45) is 5.92 Å². The first kappa shape index (κ1) is 97.1. The van der Waals surface area contributed by atoms with E-state index in [9.17, 15) is 43.2 Å². The second-order valence-electron chi connectivity index (χ2n) is 29.3. The Morgan fingerprint density at radius 1 is 0.273 bits per heavy atom. The number of hydrogen-bond acceptors (Lipinski definition) is 15. The highest BCUT2D eigenvalue weighted by molar-refractivity contribution is 7.47. The summed E-state index contributed by atoms with van der Waals surface area (Å²) in [7, 11) is -9.92. The van der Waals surface area contributed by atoms with Crippen LogP contribution in [0.25, 0.3) is 0 Å². The van der Waals surface area contributed by atoms with Gasteiger partial charge in [0.1, 0.15) is 19.3 Å². The van der Waals surface area contributed by atoms with E-state index < -0.39 is 97.5 Å². The summed E-state index contributed by atoms with van der Waals surface area (Å²) in [6.45, 7) is 7.33. The molecule has 0 amide bonds. The van der Waals surface area contributed by atoms with Gasteiger partial charge in [-0.25, -0.2) is 9.13 Å². The molecular weight excluding hydrogens is 1290 g/mol. The number of aliphatic hydroxyl groups excluding tert-OH is 1. The smallest absolute Gasteiger partial charge is 0.462 e. The van der Waals surface area contributed by atoms with Gasteiger partial charge in [0.2, 0.25) is 0 Å². The largest absolute Gasteiger partial charge is 0.472 e. The lowest BCUT2D eigenvalue weighted by atomic mass is 10.0. The third-order valence-electron chi connectivity index (χ3n) is 18.8. The average molecular weight is 1450 g/mol. The number of carbonyl (C=O) groups is 4. The normalized spacial score (nSPS) is 13.9. The quantitative estimate of drug-likeness (QED) is 0.0222. The first-order valence-electron chi connectivity index (χ1n) is 41.6. The van der Waals surface area contributed by atoms with Crippen LogP contribution < -0.4 is 0 Å². The molecule has 2 unspecified atom stereocenters. The maximum absolute atomic E-state index is 13.1. The summed E-state index contributed by atoms with van der Waals surface area (Å²) in [5.74, 6) is -1.33. The van der Waals surface area contributed by atoms with Crippen molar-refractivity contribution in [3.63, 3.8) is 0 Å². The van der Waals surface area contributed by atoms with E-state index in [1.54, 1.807) is 0 Å². The van der Waals surface area contributed by atoms with Gasteiger partial charge in [0.15, 0.2) is 12.2 Å². The molecule has 5 atom stereocenters. The zero-order chi connectivity index (χ0) is 72.7. The van der Waals surface area contributed by atoms with Gasteiger partial charge in [-0.05, 0) is 31.6 Å². The van der Waals surface area contributed by atoms with Crippen LogP contribution >= 0.6 is 15.6 Å². The molecule has 17 nitrogen and oxygen atoms in total. The van der Waals surface area contributed by atoms with Crippen LogP contribution in [0, 0.1) is 5.92 Å². The summed E-state index contributed by atoms with van der Waals surface area (Å²) in [6, 6.07) is 0. The fourth-order valence-corrected chi connectivity index (χ4v) is 14.0. The number of esters is 4. The molecule has 0 aromatic carbocycles. The number of rotatable bonds is 80. The fourth-order valence-electron chi connectivity index (χ4n) is 12.4. The van der Waals surface area contributed by atoms with Gasteiger partial charge in [0.05, 0.1) is 26.4 Å². The minimum Gasteiger partial charge on any atom is -0.462 e. The monoisotopic (exact) mass is 1450 g/mol. The van der Waals surface area contributed by atoms with Crippen molar-refractivity contribution in [1.82, 2.24) is 0 Å². The molecule has 99 heavy (non-hydrogen) atoms. The molecule has 0 spiro atoms. The van der Waals surface area contributed by atoms with Crippen molar-refractivity contribution < 1.29 is 80.2 Å². The fraction of sp³-hybridized carbons (Fsp3) is 0.950. The maximum Gasteiger partial charge on any atom is 0.472 e. The van der Waals surface area contributed by atoms with E-state index in [0.717, 1.165) is 95.8 Å². The van der Waals surface area contributed by atoms with Crippen LogP contribution in [0.1, 0.15) is 426 Å².